The number of halogens is 2. The SMILES string of the molecule is C=Cc1ccccc1C(=O)C(Cl)Cl. The van der Waals surface area contributed by atoms with Gasteiger partial charge in [0, 0.05) is 5.56 Å². The molecule has 0 atom stereocenters. The van der Waals surface area contributed by atoms with E-state index in [1.54, 1.807) is 24.3 Å². The summed E-state index contributed by atoms with van der Waals surface area (Å²) in [6, 6.07) is 7.05. The number of carbonyl (C=O) groups excluding carboxylic acids is 1. The summed E-state index contributed by atoms with van der Waals surface area (Å²) >= 11 is 10.9. The topological polar surface area (TPSA) is 17.1 Å². The zero-order chi connectivity index (χ0) is 9.84. The van der Waals surface area contributed by atoms with Crippen molar-refractivity contribution in [3.63, 3.8) is 0 Å². The molecule has 3 heteroatoms. The van der Waals surface area contributed by atoms with Crippen LogP contribution in [0.25, 0.3) is 6.08 Å². The monoisotopic (exact) mass is 214 g/mol. The maximum atomic E-state index is 11.4. The van der Waals surface area contributed by atoms with E-state index in [1.165, 1.54) is 0 Å². The summed E-state index contributed by atoms with van der Waals surface area (Å²) < 4.78 is 0. The number of Topliss-reactive ketones (excluding diaryl/α,β-unsaturated/α-hetero) is 1. The van der Waals surface area contributed by atoms with Crippen LogP contribution in [0.1, 0.15) is 15.9 Å². The van der Waals surface area contributed by atoms with Gasteiger partial charge in [0.05, 0.1) is 0 Å². The van der Waals surface area contributed by atoms with Crippen LogP contribution in [0.15, 0.2) is 30.8 Å². The van der Waals surface area contributed by atoms with E-state index < -0.39 is 4.84 Å². The summed E-state index contributed by atoms with van der Waals surface area (Å²) in [7, 11) is 0. The van der Waals surface area contributed by atoms with Gasteiger partial charge in [0.15, 0.2) is 10.6 Å². The van der Waals surface area contributed by atoms with Crippen molar-refractivity contribution in [2.45, 2.75) is 4.84 Å². The Morgan fingerprint density at radius 2 is 2.00 bits per heavy atom. The molecule has 0 heterocycles. The molecule has 0 unspecified atom stereocenters. The van der Waals surface area contributed by atoms with E-state index in [0.29, 0.717) is 5.56 Å². The van der Waals surface area contributed by atoms with Crippen molar-refractivity contribution in [3.05, 3.63) is 42.0 Å². The Morgan fingerprint density at radius 1 is 1.38 bits per heavy atom. The van der Waals surface area contributed by atoms with Crippen LogP contribution in [-0.2, 0) is 0 Å². The van der Waals surface area contributed by atoms with Crippen LogP contribution >= 0.6 is 23.2 Å². The third kappa shape index (κ3) is 2.33. The van der Waals surface area contributed by atoms with E-state index in [1.807, 2.05) is 6.07 Å². The molecule has 1 aromatic carbocycles. The third-order valence-electron chi connectivity index (χ3n) is 1.64. The second-order valence-corrected chi connectivity index (χ2v) is 3.55. The minimum Gasteiger partial charge on any atom is -0.291 e. The lowest BCUT2D eigenvalue weighted by Crippen LogP contribution is -2.09. The average molecular weight is 215 g/mol. The zero-order valence-corrected chi connectivity index (χ0v) is 8.35. The second kappa shape index (κ2) is 4.45. The van der Waals surface area contributed by atoms with Gasteiger partial charge >= 0.3 is 0 Å². The molecule has 0 bridgehead atoms. The smallest absolute Gasteiger partial charge is 0.196 e. The highest BCUT2D eigenvalue weighted by Crippen LogP contribution is 2.16. The van der Waals surface area contributed by atoms with Crippen LogP contribution in [-0.4, -0.2) is 10.6 Å². The molecule has 1 aromatic rings. The standard InChI is InChI=1S/C10H8Cl2O/c1-2-7-5-3-4-6-8(7)9(13)10(11)12/h2-6,10H,1H2. The molecule has 0 fully saturated rings. The predicted molar refractivity (Wildman–Crippen MR) is 56.4 cm³/mol. The first-order valence-electron chi connectivity index (χ1n) is 3.70. The Morgan fingerprint density at radius 3 is 2.54 bits per heavy atom. The molecule has 0 N–H and O–H groups in total. The summed E-state index contributed by atoms with van der Waals surface area (Å²) in [6.45, 7) is 3.59. The van der Waals surface area contributed by atoms with E-state index in [0.717, 1.165) is 5.56 Å². The molecule has 0 saturated carbocycles. The fourth-order valence-electron chi connectivity index (χ4n) is 1.02. The van der Waals surface area contributed by atoms with E-state index in [2.05, 4.69) is 6.58 Å². The van der Waals surface area contributed by atoms with Crippen molar-refractivity contribution < 1.29 is 4.79 Å². The maximum absolute atomic E-state index is 11.4. The molecule has 1 nitrogen and oxygen atoms in total. The average Bonchev–Trinajstić information content (AvgIpc) is 2.16. The van der Waals surface area contributed by atoms with Crippen LogP contribution in [0.2, 0.25) is 0 Å². The Hall–Kier alpha value is -0.790. The molecule has 1 rings (SSSR count). The van der Waals surface area contributed by atoms with Gasteiger partial charge < -0.3 is 0 Å². The van der Waals surface area contributed by atoms with Crippen molar-refractivity contribution in [1.29, 1.82) is 0 Å². The normalized spacial score (nSPS) is 10.1. The molecule has 0 amide bonds. The highest BCUT2D eigenvalue weighted by atomic mass is 35.5. The van der Waals surface area contributed by atoms with Gasteiger partial charge in [0.1, 0.15) is 0 Å². The van der Waals surface area contributed by atoms with Crippen LogP contribution < -0.4 is 0 Å². The summed E-state index contributed by atoms with van der Waals surface area (Å²) in [4.78, 5) is 10.4. The number of rotatable bonds is 3. The molecule has 0 spiro atoms. The quantitative estimate of drug-likeness (QED) is 0.558. The van der Waals surface area contributed by atoms with E-state index in [-0.39, 0.29) is 5.78 Å². The predicted octanol–water partition coefficient (Wildman–Crippen LogP) is 3.32. The summed E-state index contributed by atoms with van der Waals surface area (Å²) in [5.74, 6) is -0.293. The first-order chi connectivity index (χ1) is 6.16. The maximum Gasteiger partial charge on any atom is 0.196 e. The minimum absolute atomic E-state index is 0.293. The van der Waals surface area contributed by atoms with Gasteiger partial charge in [-0.1, -0.05) is 60.1 Å². The van der Waals surface area contributed by atoms with Gasteiger partial charge in [-0.25, -0.2) is 0 Å². The lowest BCUT2D eigenvalue weighted by Gasteiger charge is -2.04. The van der Waals surface area contributed by atoms with Gasteiger partial charge in [0.25, 0.3) is 0 Å². The fourth-order valence-corrected chi connectivity index (χ4v) is 1.25. The number of benzene rings is 1. The largest absolute Gasteiger partial charge is 0.291 e. The molecule has 68 valence electrons. The third-order valence-corrected chi connectivity index (χ3v) is 2.04. The zero-order valence-electron chi connectivity index (χ0n) is 6.84. The molecule has 0 radical (unpaired) electrons. The molecular formula is C10H8Cl2O. The number of hydrogen-bond acceptors (Lipinski definition) is 1. The van der Waals surface area contributed by atoms with Gasteiger partial charge in [-0.3, -0.25) is 4.79 Å². The Kier molecular flexibility index (Phi) is 3.52. The van der Waals surface area contributed by atoms with E-state index in [9.17, 15) is 4.79 Å². The Balaban J connectivity index is 3.13. The Bertz CT molecular complexity index is 331. The minimum atomic E-state index is -1.01. The van der Waals surface area contributed by atoms with Gasteiger partial charge in [-0.2, -0.15) is 0 Å². The van der Waals surface area contributed by atoms with Crippen LogP contribution in [0.4, 0.5) is 0 Å². The molecule has 13 heavy (non-hydrogen) atoms. The number of carbonyl (C=O) groups is 1. The van der Waals surface area contributed by atoms with Crippen molar-refractivity contribution >= 4 is 35.1 Å². The van der Waals surface area contributed by atoms with Gasteiger partial charge in [-0.15, -0.1) is 0 Å². The number of hydrogen-bond donors (Lipinski definition) is 0. The van der Waals surface area contributed by atoms with Crippen molar-refractivity contribution in [2.75, 3.05) is 0 Å². The second-order valence-electron chi connectivity index (χ2n) is 2.46. The summed E-state index contributed by atoms with van der Waals surface area (Å²) in [5, 5.41) is 0. The molecule has 0 aliphatic heterocycles. The number of ketones is 1. The van der Waals surface area contributed by atoms with E-state index >= 15 is 0 Å². The van der Waals surface area contributed by atoms with E-state index in [4.69, 9.17) is 23.2 Å². The highest BCUT2D eigenvalue weighted by molar-refractivity contribution is 6.55. The summed E-state index contributed by atoms with van der Waals surface area (Å²) in [5.41, 5.74) is 1.26. The van der Waals surface area contributed by atoms with Gasteiger partial charge in [-0.05, 0) is 5.56 Å². The first kappa shape index (κ1) is 10.3. The first-order valence-corrected chi connectivity index (χ1v) is 4.58. The molecule has 0 aliphatic carbocycles. The lowest BCUT2D eigenvalue weighted by atomic mass is 10.0. The van der Waals surface area contributed by atoms with Crippen molar-refractivity contribution in [3.8, 4) is 0 Å². The molecule has 0 aliphatic rings. The van der Waals surface area contributed by atoms with Crippen LogP contribution in [0, 0.1) is 0 Å². The van der Waals surface area contributed by atoms with Crippen LogP contribution in [0.5, 0.6) is 0 Å². The van der Waals surface area contributed by atoms with Crippen LogP contribution in [0.3, 0.4) is 0 Å². The number of alkyl halides is 2. The van der Waals surface area contributed by atoms with Crippen molar-refractivity contribution in [1.82, 2.24) is 0 Å². The molecular weight excluding hydrogens is 207 g/mol. The molecule has 0 aromatic heterocycles. The highest BCUT2D eigenvalue weighted by Gasteiger charge is 2.15. The Labute approximate surface area is 87.0 Å². The van der Waals surface area contributed by atoms with Gasteiger partial charge in [0.2, 0.25) is 0 Å². The molecule has 0 saturated heterocycles. The summed E-state index contributed by atoms with van der Waals surface area (Å²) in [6.07, 6.45) is 1.60. The fraction of sp³-hybridized carbons (Fsp3) is 0.100. The lowest BCUT2D eigenvalue weighted by molar-refractivity contribution is 0.101. The van der Waals surface area contributed by atoms with Crippen molar-refractivity contribution in [2.24, 2.45) is 0 Å².